The molecule has 0 unspecified atom stereocenters. The van der Waals surface area contributed by atoms with Gasteiger partial charge in [0.05, 0.1) is 6.04 Å². The van der Waals surface area contributed by atoms with Crippen LogP contribution in [0.1, 0.15) is 63.1 Å². The van der Waals surface area contributed by atoms with Gasteiger partial charge in [0.1, 0.15) is 17.2 Å². The zero-order valence-corrected chi connectivity index (χ0v) is 19.3. The molecule has 0 fully saturated rings. The standard InChI is InChI=1S/C25H31FN4O3/c1-4-10-25(11-5-2)14-21(19-12-17(26)7-9-22(19)33-25)28-23(31)27-18-8-6-16-15-30(3)24(32)29-20(16)13-18/h6-9,12-13,21H,4-5,10-11,14-15H2,1-3H3,(H,29,32)(H2,27,28,31)/t21-/m1/s1. The van der Waals surface area contributed by atoms with E-state index in [2.05, 4.69) is 29.8 Å². The molecular weight excluding hydrogens is 423 g/mol. The zero-order chi connectivity index (χ0) is 23.6. The van der Waals surface area contributed by atoms with Crippen molar-refractivity contribution >= 4 is 23.4 Å². The van der Waals surface area contributed by atoms with Crippen molar-refractivity contribution in [2.75, 3.05) is 17.7 Å². The smallest absolute Gasteiger partial charge is 0.321 e. The van der Waals surface area contributed by atoms with E-state index in [1.807, 2.05) is 6.07 Å². The average molecular weight is 455 g/mol. The first-order valence-electron chi connectivity index (χ1n) is 11.5. The summed E-state index contributed by atoms with van der Waals surface area (Å²) in [4.78, 5) is 26.5. The highest BCUT2D eigenvalue weighted by atomic mass is 19.1. The molecule has 0 bridgehead atoms. The molecule has 2 aromatic rings. The molecule has 8 heteroatoms. The van der Waals surface area contributed by atoms with E-state index in [0.717, 1.165) is 31.2 Å². The van der Waals surface area contributed by atoms with Gasteiger partial charge in [-0.3, -0.25) is 0 Å². The Balaban J connectivity index is 1.53. The van der Waals surface area contributed by atoms with Crippen LogP contribution in [0.25, 0.3) is 0 Å². The molecule has 2 aromatic carbocycles. The van der Waals surface area contributed by atoms with E-state index in [1.54, 1.807) is 30.1 Å². The van der Waals surface area contributed by atoms with Gasteiger partial charge in [0.25, 0.3) is 0 Å². The first-order valence-corrected chi connectivity index (χ1v) is 11.5. The first kappa shape index (κ1) is 22.9. The number of hydrogen-bond acceptors (Lipinski definition) is 3. The highest BCUT2D eigenvalue weighted by Gasteiger charge is 2.40. The van der Waals surface area contributed by atoms with Gasteiger partial charge in [0, 0.05) is 37.0 Å². The lowest BCUT2D eigenvalue weighted by atomic mass is 9.81. The lowest BCUT2D eigenvalue weighted by Crippen LogP contribution is -2.46. The molecule has 4 rings (SSSR count). The van der Waals surface area contributed by atoms with Crippen molar-refractivity contribution in [2.45, 2.75) is 64.1 Å². The number of hydrogen-bond donors (Lipinski definition) is 3. The van der Waals surface area contributed by atoms with Gasteiger partial charge in [0.15, 0.2) is 0 Å². The van der Waals surface area contributed by atoms with Crippen LogP contribution in [-0.4, -0.2) is 29.6 Å². The normalized spacial score (nSPS) is 18.5. The van der Waals surface area contributed by atoms with Crippen LogP contribution in [0.15, 0.2) is 36.4 Å². The molecule has 0 aromatic heterocycles. The summed E-state index contributed by atoms with van der Waals surface area (Å²) in [6, 6.07) is 8.96. The number of carbonyl (C=O) groups excluding carboxylic acids is 2. The third-order valence-corrected chi connectivity index (χ3v) is 6.33. The molecule has 0 saturated heterocycles. The Morgan fingerprint density at radius 3 is 2.70 bits per heavy atom. The molecule has 3 N–H and O–H groups in total. The molecule has 0 aliphatic carbocycles. The van der Waals surface area contributed by atoms with Gasteiger partial charge in [-0.25, -0.2) is 14.0 Å². The van der Waals surface area contributed by atoms with Crippen molar-refractivity contribution in [3.05, 3.63) is 53.3 Å². The molecule has 2 heterocycles. The molecule has 33 heavy (non-hydrogen) atoms. The molecule has 1 atom stereocenters. The minimum atomic E-state index is -0.394. The molecule has 2 aliphatic heterocycles. The Morgan fingerprint density at radius 1 is 1.21 bits per heavy atom. The van der Waals surface area contributed by atoms with E-state index in [9.17, 15) is 14.0 Å². The van der Waals surface area contributed by atoms with Crippen molar-refractivity contribution in [3.63, 3.8) is 0 Å². The number of ether oxygens (including phenoxy) is 1. The number of anilines is 2. The average Bonchev–Trinajstić information content (AvgIpc) is 2.76. The summed E-state index contributed by atoms with van der Waals surface area (Å²) in [5, 5.41) is 8.70. The van der Waals surface area contributed by atoms with Crippen LogP contribution in [0, 0.1) is 5.82 Å². The maximum atomic E-state index is 14.0. The van der Waals surface area contributed by atoms with Crippen LogP contribution in [0.4, 0.5) is 25.4 Å². The summed E-state index contributed by atoms with van der Waals surface area (Å²) in [5.41, 5.74) is 2.47. The topological polar surface area (TPSA) is 82.7 Å². The SMILES string of the molecule is CCCC1(CCC)C[C@@H](NC(=O)Nc2ccc3c(c2)NC(=O)N(C)C3)c2cc(F)ccc2O1. The molecule has 4 amide bonds. The molecule has 0 radical (unpaired) electrons. The quantitative estimate of drug-likeness (QED) is 0.517. The number of halogens is 1. The fourth-order valence-electron chi connectivity index (χ4n) is 4.88. The van der Waals surface area contributed by atoms with E-state index < -0.39 is 11.6 Å². The Morgan fingerprint density at radius 2 is 1.97 bits per heavy atom. The zero-order valence-electron chi connectivity index (χ0n) is 19.3. The summed E-state index contributed by atoms with van der Waals surface area (Å²) >= 11 is 0. The van der Waals surface area contributed by atoms with Crippen LogP contribution in [0.5, 0.6) is 5.75 Å². The number of rotatable bonds is 6. The minimum absolute atomic E-state index is 0.187. The third-order valence-electron chi connectivity index (χ3n) is 6.33. The molecule has 7 nitrogen and oxygen atoms in total. The number of benzene rings is 2. The van der Waals surface area contributed by atoms with E-state index in [0.29, 0.717) is 35.7 Å². The van der Waals surface area contributed by atoms with Gasteiger partial charge < -0.3 is 25.6 Å². The van der Waals surface area contributed by atoms with Crippen LogP contribution in [0.3, 0.4) is 0 Å². The highest BCUT2D eigenvalue weighted by molar-refractivity contribution is 5.95. The molecule has 2 aliphatic rings. The minimum Gasteiger partial charge on any atom is -0.487 e. The highest BCUT2D eigenvalue weighted by Crippen LogP contribution is 2.44. The van der Waals surface area contributed by atoms with E-state index in [1.165, 1.54) is 12.1 Å². The Bertz CT molecular complexity index is 1050. The van der Waals surface area contributed by atoms with Crippen molar-refractivity contribution < 1.29 is 18.7 Å². The third kappa shape index (κ3) is 4.89. The number of fused-ring (bicyclic) bond motifs is 2. The fourth-order valence-corrected chi connectivity index (χ4v) is 4.88. The van der Waals surface area contributed by atoms with Gasteiger partial charge in [-0.15, -0.1) is 0 Å². The summed E-state index contributed by atoms with van der Waals surface area (Å²) in [5.74, 6) is 0.258. The van der Waals surface area contributed by atoms with E-state index >= 15 is 0 Å². The number of amides is 4. The monoisotopic (exact) mass is 454 g/mol. The van der Waals surface area contributed by atoms with Crippen molar-refractivity contribution in [3.8, 4) is 5.75 Å². The predicted octanol–water partition coefficient (Wildman–Crippen LogP) is 5.79. The van der Waals surface area contributed by atoms with E-state index in [-0.39, 0.29) is 17.9 Å². The molecule has 0 saturated carbocycles. The first-order chi connectivity index (χ1) is 15.8. The fraction of sp³-hybridized carbons (Fsp3) is 0.440. The molecule has 0 spiro atoms. The van der Waals surface area contributed by atoms with Crippen LogP contribution in [-0.2, 0) is 6.54 Å². The second kappa shape index (κ2) is 9.29. The van der Waals surface area contributed by atoms with Crippen LogP contribution < -0.4 is 20.7 Å². The number of urea groups is 2. The van der Waals surface area contributed by atoms with Gasteiger partial charge in [-0.05, 0) is 48.7 Å². The van der Waals surface area contributed by atoms with Gasteiger partial charge in [-0.1, -0.05) is 32.8 Å². The van der Waals surface area contributed by atoms with E-state index in [4.69, 9.17) is 4.74 Å². The maximum Gasteiger partial charge on any atom is 0.321 e. The van der Waals surface area contributed by atoms with Crippen LogP contribution >= 0.6 is 0 Å². The number of nitrogens with one attached hydrogen (secondary N) is 3. The summed E-state index contributed by atoms with van der Waals surface area (Å²) in [6.07, 6.45) is 4.19. The second-order valence-electron chi connectivity index (χ2n) is 8.98. The van der Waals surface area contributed by atoms with Gasteiger partial charge in [0.2, 0.25) is 0 Å². The predicted molar refractivity (Wildman–Crippen MR) is 126 cm³/mol. The number of nitrogens with zero attached hydrogens (tertiary/aromatic N) is 1. The van der Waals surface area contributed by atoms with Crippen molar-refractivity contribution in [1.29, 1.82) is 0 Å². The molecule has 176 valence electrons. The van der Waals surface area contributed by atoms with Crippen LogP contribution in [0.2, 0.25) is 0 Å². The van der Waals surface area contributed by atoms with Crippen molar-refractivity contribution in [2.24, 2.45) is 0 Å². The summed E-state index contributed by atoms with van der Waals surface area (Å²) < 4.78 is 20.4. The largest absolute Gasteiger partial charge is 0.487 e. The Kier molecular flexibility index (Phi) is 6.44. The second-order valence-corrected chi connectivity index (χ2v) is 8.98. The summed E-state index contributed by atoms with van der Waals surface area (Å²) in [7, 11) is 1.73. The van der Waals surface area contributed by atoms with Gasteiger partial charge in [-0.2, -0.15) is 0 Å². The lowest BCUT2D eigenvalue weighted by molar-refractivity contribution is 0.0145. The lowest BCUT2D eigenvalue weighted by Gasteiger charge is -2.42. The maximum absolute atomic E-state index is 14.0. The number of carbonyl (C=O) groups is 2. The Labute approximate surface area is 193 Å². The molecular formula is C25H31FN4O3. The summed E-state index contributed by atoms with van der Waals surface area (Å²) in [6.45, 7) is 4.74. The van der Waals surface area contributed by atoms with Crippen molar-refractivity contribution in [1.82, 2.24) is 10.2 Å². The Hall–Kier alpha value is -3.29. The van der Waals surface area contributed by atoms with Gasteiger partial charge >= 0.3 is 12.1 Å².